The summed E-state index contributed by atoms with van der Waals surface area (Å²) in [6.45, 7) is 1.99. The molecular weight excluding hydrogens is 303 g/mol. The number of rotatable bonds is 2. The van der Waals surface area contributed by atoms with E-state index >= 15 is 0 Å². The summed E-state index contributed by atoms with van der Waals surface area (Å²) in [4.78, 5) is 15.5. The molecule has 0 fully saturated rings. The maximum absolute atomic E-state index is 12.4. The number of carbonyl (C=O) groups is 1. The Morgan fingerprint density at radius 3 is 2.30 bits per heavy atom. The van der Waals surface area contributed by atoms with Crippen molar-refractivity contribution in [2.24, 2.45) is 0 Å². The molecule has 0 aliphatic rings. The molecule has 0 N–H and O–H groups in total. The molecule has 5 heteroatoms. The van der Waals surface area contributed by atoms with Crippen LogP contribution in [0.3, 0.4) is 0 Å². The molecule has 0 saturated heterocycles. The molecule has 1 heterocycles. The molecule has 0 atom stereocenters. The first-order valence-corrected chi connectivity index (χ1v) is 6.93. The van der Waals surface area contributed by atoms with Gasteiger partial charge in [-0.3, -0.25) is 9.78 Å². The second-order valence-electron chi connectivity index (χ2n) is 5.32. The van der Waals surface area contributed by atoms with E-state index in [0.29, 0.717) is 11.3 Å². The van der Waals surface area contributed by atoms with Gasteiger partial charge in [0.05, 0.1) is 5.69 Å². The molecule has 2 aromatic carbocycles. The smallest absolute Gasteiger partial charge is 0.284 e. The highest BCUT2D eigenvalue weighted by atomic mass is 19.4. The van der Waals surface area contributed by atoms with Crippen molar-refractivity contribution in [3.05, 3.63) is 65.9 Å². The van der Waals surface area contributed by atoms with Crippen molar-refractivity contribution in [2.45, 2.75) is 13.1 Å². The van der Waals surface area contributed by atoms with Gasteiger partial charge in [0.25, 0.3) is 5.78 Å². The van der Waals surface area contributed by atoms with Crippen molar-refractivity contribution >= 4 is 16.6 Å². The summed E-state index contributed by atoms with van der Waals surface area (Å²) in [5.41, 5.74) is 2.05. The highest BCUT2D eigenvalue weighted by Gasteiger charge is 2.39. The number of fused-ring (bicyclic) bond motifs is 1. The number of pyridine rings is 1. The predicted molar refractivity (Wildman–Crippen MR) is 82.3 cm³/mol. The summed E-state index contributed by atoms with van der Waals surface area (Å²) in [6.07, 6.45) is -3.13. The second kappa shape index (κ2) is 5.50. The zero-order valence-corrected chi connectivity index (χ0v) is 12.2. The molecule has 0 bridgehead atoms. The number of Topliss-reactive ketones (excluding diaryl/α,β-unsaturated/α-hetero) is 1. The highest BCUT2D eigenvalue weighted by molar-refractivity contribution is 6.00. The third-order valence-electron chi connectivity index (χ3n) is 3.58. The number of hydrogen-bond acceptors (Lipinski definition) is 2. The zero-order valence-electron chi connectivity index (χ0n) is 12.2. The van der Waals surface area contributed by atoms with E-state index in [1.165, 1.54) is 24.3 Å². The van der Waals surface area contributed by atoms with Crippen LogP contribution in [0, 0.1) is 6.92 Å². The van der Waals surface area contributed by atoms with Crippen LogP contribution in [-0.4, -0.2) is 16.9 Å². The molecule has 3 rings (SSSR count). The Balaban J connectivity index is 1.96. The lowest BCUT2D eigenvalue weighted by Gasteiger charge is -2.07. The normalized spacial score (nSPS) is 11.7. The molecule has 0 unspecified atom stereocenters. The molecular formula is C18H12F3NO. The predicted octanol–water partition coefficient (Wildman–Crippen LogP) is 4.96. The Morgan fingerprint density at radius 1 is 0.957 bits per heavy atom. The first kappa shape index (κ1) is 15.2. The lowest BCUT2D eigenvalue weighted by atomic mass is 10.0. The van der Waals surface area contributed by atoms with E-state index in [1.807, 2.05) is 31.2 Å². The van der Waals surface area contributed by atoms with Crippen LogP contribution in [0.15, 0.2) is 54.7 Å². The lowest BCUT2D eigenvalue weighted by molar-refractivity contribution is -0.0885. The number of ketones is 1. The van der Waals surface area contributed by atoms with Crippen molar-refractivity contribution in [3.63, 3.8) is 0 Å². The van der Waals surface area contributed by atoms with Crippen LogP contribution in [-0.2, 0) is 0 Å². The lowest BCUT2D eigenvalue weighted by Crippen LogP contribution is -2.22. The van der Waals surface area contributed by atoms with Gasteiger partial charge in [-0.15, -0.1) is 0 Å². The molecule has 0 spiro atoms. The van der Waals surface area contributed by atoms with E-state index < -0.39 is 12.0 Å². The van der Waals surface area contributed by atoms with Crippen LogP contribution in [0.1, 0.15) is 15.9 Å². The minimum absolute atomic E-state index is 0.377. The average Bonchev–Trinajstić information content (AvgIpc) is 2.53. The summed E-state index contributed by atoms with van der Waals surface area (Å²) in [5.74, 6) is -1.84. The fourth-order valence-corrected chi connectivity index (χ4v) is 2.37. The Bertz CT molecular complexity index is 883. The monoisotopic (exact) mass is 315 g/mol. The number of alkyl halides is 3. The Labute approximate surface area is 130 Å². The van der Waals surface area contributed by atoms with Gasteiger partial charge < -0.3 is 0 Å². The summed E-state index contributed by atoms with van der Waals surface area (Å²) >= 11 is 0. The van der Waals surface area contributed by atoms with E-state index in [0.717, 1.165) is 16.3 Å². The largest absolute Gasteiger partial charge is 0.454 e. The molecule has 0 aliphatic heterocycles. The van der Waals surface area contributed by atoms with E-state index in [4.69, 9.17) is 0 Å². The van der Waals surface area contributed by atoms with E-state index in [9.17, 15) is 18.0 Å². The minimum Gasteiger partial charge on any atom is -0.284 e. The highest BCUT2D eigenvalue weighted by Crippen LogP contribution is 2.25. The van der Waals surface area contributed by atoms with Crippen molar-refractivity contribution in [2.75, 3.05) is 0 Å². The van der Waals surface area contributed by atoms with Crippen molar-refractivity contribution in [1.82, 2.24) is 4.98 Å². The molecule has 0 saturated carbocycles. The zero-order chi connectivity index (χ0) is 16.6. The minimum atomic E-state index is -4.86. The molecule has 0 aliphatic carbocycles. The standard InChI is InChI=1S/C18H12F3NO/c1-11-2-3-14-9-16(22-10-15(14)8-11)12-4-6-13(7-5-12)17(23)18(19,20)21/h2-10H,1H3. The maximum atomic E-state index is 12.4. The average molecular weight is 315 g/mol. The van der Waals surface area contributed by atoms with Gasteiger partial charge in [-0.1, -0.05) is 42.0 Å². The molecule has 1 aromatic heterocycles. The number of hydrogen-bond donors (Lipinski definition) is 0. The van der Waals surface area contributed by atoms with Gasteiger partial charge in [0, 0.05) is 22.7 Å². The number of halogens is 3. The summed E-state index contributed by atoms with van der Waals surface area (Å²) < 4.78 is 37.2. The van der Waals surface area contributed by atoms with Crippen LogP contribution < -0.4 is 0 Å². The summed E-state index contributed by atoms with van der Waals surface area (Å²) in [6, 6.07) is 13.1. The van der Waals surface area contributed by atoms with Crippen molar-refractivity contribution in [3.8, 4) is 11.3 Å². The first-order chi connectivity index (χ1) is 10.8. The maximum Gasteiger partial charge on any atom is 0.454 e. The van der Waals surface area contributed by atoms with Gasteiger partial charge >= 0.3 is 6.18 Å². The molecule has 116 valence electrons. The third kappa shape index (κ3) is 3.08. The van der Waals surface area contributed by atoms with Crippen molar-refractivity contribution in [1.29, 1.82) is 0 Å². The quantitative estimate of drug-likeness (QED) is 0.626. The molecule has 23 heavy (non-hydrogen) atoms. The summed E-state index contributed by atoms with van der Waals surface area (Å²) in [5, 5.41) is 1.99. The van der Waals surface area contributed by atoms with E-state index in [2.05, 4.69) is 4.98 Å². The van der Waals surface area contributed by atoms with Gasteiger partial charge in [-0.2, -0.15) is 13.2 Å². The number of benzene rings is 2. The fourth-order valence-electron chi connectivity index (χ4n) is 2.37. The Hall–Kier alpha value is -2.69. The van der Waals surface area contributed by atoms with Crippen LogP contribution in [0.25, 0.3) is 22.0 Å². The van der Waals surface area contributed by atoms with E-state index in [-0.39, 0.29) is 5.56 Å². The van der Waals surface area contributed by atoms with Gasteiger partial charge in [0.2, 0.25) is 0 Å². The van der Waals surface area contributed by atoms with Crippen LogP contribution in [0.2, 0.25) is 0 Å². The van der Waals surface area contributed by atoms with Crippen LogP contribution in [0.5, 0.6) is 0 Å². The Morgan fingerprint density at radius 2 is 1.65 bits per heavy atom. The van der Waals surface area contributed by atoms with Gasteiger partial charge in [-0.05, 0) is 24.4 Å². The van der Waals surface area contributed by atoms with Gasteiger partial charge in [0.1, 0.15) is 0 Å². The molecule has 0 amide bonds. The first-order valence-electron chi connectivity index (χ1n) is 6.93. The SMILES string of the molecule is Cc1ccc2cc(-c3ccc(C(=O)C(F)(F)F)cc3)ncc2c1. The number of nitrogens with zero attached hydrogens (tertiary/aromatic N) is 1. The fraction of sp³-hybridized carbons (Fsp3) is 0.111. The third-order valence-corrected chi connectivity index (χ3v) is 3.58. The van der Waals surface area contributed by atoms with E-state index in [1.54, 1.807) is 6.20 Å². The van der Waals surface area contributed by atoms with Crippen LogP contribution in [0.4, 0.5) is 13.2 Å². The summed E-state index contributed by atoms with van der Waals surface area (Å²) in [7, 11) is 0. The second-order valence-corrected chi connectivity index (χ2v) is 5.32. The molecule has 2 nitrogen and oxygen atoms in total. The molecule has 0 radical (unpaired) electrons. The van der Waals surface area contributed by atoms with Crippen molar-refractivity contribution < 1.29 is 18.0 Å². The number of carbonyl (C=O) groups excluding carboxylic acids is 1. The Kier molecular flexibility index (Phi) is 3.64. The number of aromatic nitrogens is 1. The van der Waals surface area contributed by atoms with Gasteiger partial charge in [-0.25, -0.2) is 0 Å². The molecule has 3 aromatic rings. The van der Waals surface area contributed by atoms with Gasteiger partial charge in [0.15, 0.2) is 0 Å². The topological polar surface area (TPSA) is 30.0 Å². The number of aryl methyl sites for hydroxylation is 1. The van der Waals surface area contributed by atoms with Crippen LogP contribution >= 0.6 is 0 Å².